The van der Waals surface area contributed by atoms with E-state index in [9.17, 15) is 4.79 Å². The molecule has 3 N–H and O–H groups in total. The summed E-state index contributed by atoms with van der Waals surface area (Å²) in [6, 6.07) is 0. The van der Waals surface area contributed by atoms with Crippen molar-refractivity contribution in [3.05, 3.63) is 11.3 Å². The fraction of sp³-hybridized carbons (Fsp3) is 0.643. The molecule has 2 heterocycles. The number of amides is 1. The number of unbranched alkanes of at least 4 members (excludes halogenated alkanes) is 1. The van der Waals surface area contributed by atoms with E-state index in [1.165, 1.54) is 7.11 Å². The molecule has 0 atom stereocenters. The highest BCUT2D eigenvalue weighted by molar-refractivity contribution is 5.77. The van der Waals surface area contributed by atoms with Gasteiger partial charge in [0.05, 0.1) is 12.2 Å². The highest BCUT2D eigenvalue weighted by atomic mass is 16.5. The summed E-state index contributed by atoms with van der Waals surface area (Å²) in [6.07, 6.45) is 2.94. The van der Waals surface area contributed by atoms with Crippen molar-refractivity contribution < 1.29 is 9.53 Å². The van der Waals surface area contributed by atoms with Gasteiger partial charge >= 0.3 is 0 Å². The Bertz CT molecular complexity index is 506. The summed E-state index contributed by atoms with van der Waals surface area (Å²) in [4.78, 5) is 22.2. The van der Waals surface area contributed by atoms with Gasteiger partial charge in [-0.15, -0.1) is 0 Å². The Morgan fingerprint density at radius 1 is 1.48 bits per heavy atom. The number of anilines is 2. The molecule has 21 heavy (non-hydrogen) atoms. The van der Waals surface area contributed by atoms with Gasteiger partial charge in [-0.3, -0.25) is 4.79 Å². The molecule has 0 saturated carbocycles. The molecule has 0 fully saturated rings. The number of rotatable bonds is 6. The Morgan fingerprint density at radius 3 is 3.00 bits per heavy atom. The van der Waals surface area contributed by atoms with Crippen molar-refractivity contribution in [3.8, 4) is 0 Å². The molecular formula is C14H23N5O2. The first-order chi connectivity index (χ1) is 10.2. The molecule has 1 amide bonds. The fourth-order valence-electron chi connectivity index (χ4n) is 2.41. The van der Waals surface area contributed by atoms with Gasteiger partial charge in [0.15, 0.2) is 0 Å². The van der Waals surface area contributed by atoms with Crippen molar-refractivity contribution in [2.75, 3.05) is 37.9 Å². The van der Waals surface area contributed by atoms with E-state index in [0.29, 0.717) is 13.1 Å². The van der Waals surface area contributed by atoms with Crippen molar-refractivity contribution in [3.63, 3.8) is 0 Å². The SMILES string of the molecule is CCCCNc1nc(N)nc2c1CCN(C(=O)COC)C2. The minimum Gasteiger partial charge on any atom is -0.375 e. The van der Waals surface area contributed by atoms with Crippen LogP contribution in [0.3, 0.4) is 0 Å². The Balaban J connectivity index is 2.14. The van der Waals surface area contributed by atoms with Crippen LogP contribution in [-0.2, 0) is 22.5 Å². The van der Waals surface area contributed by atoms with E-state index >= 15 is 0 Å². The zero-order valence-corrected chi connectivity index (χ0v) is 12.7. The minimum atomic E-state index is -0.0270. The largest absolute Gasteiger partial charge is 0.375 e. The lowest BCUT2D eigenvalue weighted by atomic mass is 10.1. The Morgan fingerprint density at radius 2 is 2.29 bits per heavy atom. The van der Waals surface area contributed by atoms with E-state index in [0.717, 1.165) is 42.9 Å². The van der Waals surface area contributed by atoms with Crippen LogP contribution in [0.25, 0.3) is 0 Å². The van der Waals surface area contributed by atoms with Gasteiger partial charge in [0, 0.05) is 25.8 Å². The Hall–Kier alpha value is -1.89. The molecule has 0 aliphatic carbocycles. The zero-order valence-electron chi connectivity index (χ0n) is 12.7. The van der Waals surface area contributed by atoms with E-state index in [1.54, 1.807) is 4.90 Å². The second-order valence-electron chi connectivity index (χ2n) is 5.13. The third-order valence-electron chi connectivity index (χ3n) is 3.53. The summed E-state index contributed by atoms with van der Waals surface area (Å²) < 4.78 is 4.90. The van der Waals surface area contributed by atoms with Gasteiger partial charge in [-0.25, -0.2) is 4.98 Å². The molecular weight excluding hydrogens is 270 g/mol. The van der Waals surface area contributed by atoms with Crippen molar-refractivity contribution in [1.29, 1.82) is 0 Å². The summed E-state index contributed by atoms with van der Waals surface area (Å²) in [5, 5.41) is 3.32. The number of hydrogen-bond donors (Lipinski definition) is 2. The molecule has 1 aliphatic rings. The Kier molecular flexibility index (Phi) is 5.32. The molecule has 0 unspecified atom stereocenters. The van der Waals surface area contributed by atoms with Gasteiger partial charge in [0.25, 0.3) is 0 Å². The number of methoxy groups -OCH3 is 1. The van der Waals surface area contributed by atoms with Crippen molar-refractivity contribution in [1.82, 2.24) is 14.9 Å². The predicted molar refractivity (Wildman–Crippen MR) is 80.8 cm³/mol. The average Bonchev–Trinajstić information content (AvgIpc) is 2.46. The molecule has 7 nitrogen and oxygen atoms in total. The molecule has 0 bridgehead atoms. The number of nitrogens with one attached hydrogen (secondary N) is 1. The van der Waals surface area contributed by atoms with Gasteiger partial charge in [0.1, 0.15) is 12.4 Å². The molecule has 0 radical (unpaired) electrons. The first-order valence-corrected chi connectivity index (χ1v) is 7.31. The van der Waals surface area contributed by atoms with Gasteiger partial charge in [-0.05, 0) is 12.8 Å². The lowest BCUT2D eigenvalue weighted by Crippen LogP contribution is -2.39. The van der Waals surface area contributed by atoms with Gasteiger partial charge in [-0.2, -0.15) is 4.98 Å². The van der Waals surface area contributed by atoms with Crippen LogP contribution in [0.4, 0.5) is 11.8 Å². The van der Waals surface area contributed by atoms with Crippen LogP contribution in [0.5, 0.6) is 0 Å². The number of hydrogen-bond acceptors (Lipinski definition) is 6. The van der Waals surface area contributed by atoms with E-state index in [4.69, 9.17) is 10.5 Å². The van der Waals surface area contributed by atoms with Crippen LogP contribution < -0.4 is 11.1 Å². The second-order valence-corrected chi connectivity index (χ2v) is 5.13. The van der Waals surface area contributed by atoms with Crippen LogP contribution in [0, 0.1) is 0 Å². The number of aromatic nitrogens is 2. The number of carbonyl (C=O) groups excluding carboxylic acids is 1. The smallest absolute Gasteiger partial charge is 0.248 e. The molecule has 0 saturated heterocycles. The standard InChI is InChI=1S/C14H23N5O2/c1-3-4-6-16-13-10-5-7-19(12(20)9-21-2)8-11(10)17-14(15)18-13/h3-9H2,1-2H3,(H3,15,16,17,18). The van der Waals surface area contributed by atoms with Gasteiger partial charge in [-0.1, -0.05) is 13.3 Å². The molecule has 2 rings (SSSR count). The Labute approximate surface area is 124 Å². The van der Waals surface area contributed by atoms with E-state index < -0.39 is 0 Å². The molecule has 1 aliphatic heterocycles. The topological polar surface area (TPSA) is 93.4 Å². The maximum Gasteiger partial charge on any atom is 0.248 e. The normalized spacial score (nSPS) is 13.9. The number of ether oxygens (including phenoxy) is 1. The third-order valence-corrected chi connectivity index (χ3v) is 3.53. The second kappa shape index (κ2) is 7.21. The number of nitrogen functional groups attached to an aromatic ring is 1. The lowest BCUT2D eigenvalue weighted by Gasteiger charge is -2.29. The first kappa shape index (κ1) is 15.5. The highest BCUT2D eigenvalue weighted by Gasteiger charge is 2.24. The molecule has 1 aromatic heterocycles. The number of fused-ring (bicyclic) bond motifs is 1. The monoisotopic (exact) mass is 293 g/mol. The van der Waals surface area contributed by atoms with Crippen molar-refractivity contribution in [2.24, 2.45) is 0 Å². The summed E-state index contributed by atoms with van der Waals surface area (Å²) in [5.74, 6) is 1.03. The molecule has 1 aromatic rings. The van der Waals surface area contributed by atoms with Crippen LogP contribution >= 0.6 is 0 Å². The van der Waals surface area contributed by atoms with Gasteiger partial charge < -0.3 is 20.7 Å². The highest BCUT2D eigenvalue weighted by Crippen LogP contribution is 2.24. The maximum absolute atomic E-state index is 11.9. The lowest BCUT2D eigenvalue weighted by molar-refractivity contribution is -0.136. The number of nitrogens with zero attached hydrogens (tertiary/aromatic N) is 3. The van der Waals surface area contributed by atoms with Crippen molar-refractivity contribution in [2.45, 2.75) is 32.7 Å². The van der Waals surface area contributed by atoms with E-state index in [1.807, 2.05) is 0 Å². The van der Waals surface area contributed by atoms with Gasteiger partial charge in [0.2, 0.25) is 11.9 Å². The predicted octanol–water partition coefficient (Wildman–Crippen LogP) is 0.802. The van der Waals surface area contributed by atoms with Crippen LogP contribution in [-0.4, -0.2) is 47.6 Å². The summed E-state index contributed by atoms with van der Waals surface area (Å²) in [7, 11) is 1.52. The summed E-state index contributed by atoms with van der Waals surface area (Å²) in [5.41, 5.74) is 7.68. The maximum atomic E-state index is 11.9. The van der Waals surface area contributed by atoms with Crippen LogP contribution in [0.2, 0.25) is 0 Å². The van der Waals surface area contributed by atoms with E-state index in [2.05, 4.69) is 22.2 Å². The molecule has 7 heteroatoms. The average molecular weight is 293 g/mol. The quantitative estimate of drug-likeness (QED) is 0.754. The zero-order chi connectivity index (χ0) is 15.2. The van der Waals surface area contributed by atoms with E-state index in [-0.39, 0.29) is 18.5 Å². The molecule has 116 valence electrons. The van der Waals surface area contributed by atoms with Crippen LogP contribution in [0.1, 0.15) is 31.0 Å². The fourth-order valence-corrected chi connectivity index (χ4v) is 2.41. The summed E-state index contributed by atoms with van der Waals surface area (Å²) in [6.45, 7) is 4.23. The molecule has 0 spiro atoms. The molecule has 0 aromatic carbocycles. The van der Waals surface area contributed by atoms with Crippen molar-refractivity contribution >= 4 is 17.7 Å². The third kappa shape index (κ3) is 3.81. The number of carbonyl (C=O) groups is 1. The van der Waals surface area contributed by atoms with Crippen LogP contribution in [0.15, 0.2) is 0 Å². The minimum absolute atomic E-state index is 0.0270. The first-order valence-electron chi connectivity index (χ1n) is 7.31. The number of nitrogens with two attached hydrogens (primary N) is 1. The summed E-state index contributed by atoms with van der Waals surface area (Å²) >= 11 is 0.